The highest BCUT2D eigenvalue weighted by Gasteiger charge is 2.71. The number of halogens is 1. The molecule has 1 aromatic carbocycles. The van der Waals surface area contributed by atoms with Crippen molar-refractivity contribution in [3.8, 4) is 17.9 Å². The van der Waals surface area contributed by atoms with Crippen LogP contribution in [0.5, 0.6) is 0 Å². The second-order valence-corrected chi connectivity index (χ2v) is 8.95. The number of carbonyl (C=O) groups is 1. The van der Waals surface area contributed by atoms with Gasteiger partial charge >= 0.3 is 5.97 Å². The Hall–Kier alpha value is -3.36. The Morgan fingerprint density at radius 1 is 1.37 bits per heavy atom. The number of fused-ring (bicyclic) bond motifs is 1. The van der Waals surface area contributed by atoms with Crippen molar-refractivity contribution in [1.29, 1.82) is 5.26 Å². The largest absolute Gasteiger partial charge is 0.480 e. The molecular formula is C22H17FN4O2S. The number of benzene rings is 1. The van der Waals surface area contributed by atoms with Gasteiger partial charge in [0.15, 0.2) is 5.17 Å². The van der Waals surface area contributed by atoms with Crippen molar-refractivity contribution in [2.75, 3.05) is 0 Å². The minimum atomic E-state index is -1.09. The van der Waals surface area contributed by atoms with Crippen molar-refractivity contribution < 1.29 is 14.3 Å². The molecule has 4 rings (SSSR count). The zero-order valence-corrected chi connectivity index (χ0v) is 17.0. The van der Waals surface area contributed by atoms with Crippen molar-refractivity contribution in [1.82, 2.24) is 4.98 Å². The topological polar surface area (TPSA) is 112 Å². The molecule has 150 valence electrons. The molecule has 3 atom stereocenters. The molecule has 1 saturated carbocycles. The van der Waals surface area contributed by atoms with E-state index < -0.39 is 22.1 Å². The van der Waals surface area contributed by atoms with Crippen LogP contribution in [-0.4, -0.2) is 26.0 Å². The maximum absolute atomic E-state index is 14.8. The van der Waals surface area contributed by atoms with Gasteiger partial charge in [0, 0.05) is 23.2 Å². The number of aromatic nitrogens is 1. The Bertz CT molecular complexity index is 1230. The number of aryl methyl sites for hydroxylation is 1. The summed E-state index contributed by atoms with van der Waals surface area (Å²) in [6.45, 7) is 3.53. The number of rotatable bonds is 2. The molecule has 8 heteroatoms. The lowest BCUT2D eigenvalue weighted by molar-refractivity contribution is -0.137. The SMILES string of the molecule is Cc1cc(C#N)cnc1C#Cc1ccc(F)c([C@@]2(C)N=C(N)S[C@@]3(C(=O)O)C[C@H]32)c1. The number of aliphatic carboxylic acids is 1. The summed E-state index contributed by atoms with van der Waals surface area (Å²) in [7, 11) is 0. The zero-order valence-electron chi connectivity index (χ0n) is 16.2. The fraction of sp³-hybridized carbons (Fsp3) is 0.273. The van der Waals surface area contributed by atoms with Gasteiger partial charge in [0.05, 0.1) is 11.1 Å². The van der Waals surface area contributed by atoms with Gasteiger partial charge in [0.2, 0.25) is 0 Å². The summed E-state index contributed by atoms with van der Waals surface area (Å²) in [5.74, 6) is 4.12. The summed E-state index contributed by atoms with van der Waals surface area (Å²) < 4.78 is 13.7. The van der Waals surface area contributed by atoms with Crippen LogP contribution in [0.25, 0.3) is 0 Å². The lowest BCUT2D eigenvalue weighted by atomic mass is 9.85. The van der Waals surface area contributed by atoms with E-state index in [9.17, 15) is 14.3 Å². The number of amidine groups is 1. The van der Waals surface area contributed by atoms with Crippen LogP contribution in [0.15, 0.2) is 35.5 Å². The van der Waals surface area contributed by atoms with E-state index in [0.29, 0.717) is 23.2 Å². The minimum Gasteiger partial charge on any atom is -0.480 e. The number of hydrogen-bond donors (Lipinski definition) is 2. The summed E-state index contributed by atoms with van der Waals surface area (Å²) in [6.07, 6.45) is 1.82. The second kappa shape index (κ2) is 6.86. The third-order valence-electron chi connectivity index (χ3n) is 5.62. The number of aliphatic imine (C=N–C) groups is 1. The Morgan fingerprint density at radius 3 is 2.80 bits per heavy atom. The van der Waals surface area contributed by atoms with Gasteiger partial charge in [-0.05, 0) is 56.0 Å². The molecule has 1 aromatic heterocycles. The molecule has 2 heterocycles. The average molecular weight is 420 g/mol. The highest BCUT2D eigenvalue weighted by molar-refractivity contribution is 8.15. The smallest absolute Gasteiger partial charge is 0.320 e. The van der Waals surface area contributed by atoms with Crippen molar-refractivity contribution in [2.24, 2.45) is 16.6 Å². The van der Waals surface area contributed by atoms with E-state index in [1.165, 1.54) is 12.3 Å². The van der Waals surface area contributed by atoms with E-state index >= 15 is 0 Å². The van der Waals surface area contributed by atoms with Crippen molar-refractivity contribution in [3.63, 3.8) is 0 Å². The van der Waals surface area contributed by atoms with E-state index in [-0.39, 0.29) is 16.6 Å². The maximum Gasteiger partial charge on any atom is 0.320 e. The number of nitrogens with two attached hydrogens (primary N) is 1. The monoisotopic (exact) mass is 420 g/mol. The molecule has 1 aliphatic heterocycles. The molecule has 0 radical (unpaired) electrons. The van der Waals surface area contributed by atoms with Crippen LogP contribution < -0.4 is 5.73 Å². The number of hydrogen-bond acceptors (Lipinski definition) is 6. The molecule has 3 N–H and O–H groups in total. The van der Waals surface area contributed by atoms with E-state index in [4.69, 9.17) is 11.0 Å². The summed E-state index contributed by atoms with van der Waals surface area (Å²) in [5, 5.41) is 18.7. The highest BCUT2D eigenvalue weighted by Crippen LogP contribution is 2.66. The molecule has 1 aliphatic carbocycles. The Morgan fingerprint density at radius 2 is 2.13 bits per heavy atom. The Labute approximate surface area is 177 Å². The van der Waals surface area contributed by atoms with Gasteiger partial charge in [-0.3, -0.25) is 9.79 Å². The summed E-state index contributed by atoms with van der Waals surface area (Å²) in [5.41, 5.74) is 7.39. The molecule has 6 nitrogen and oxygen atoms in total. The predicted octanol–water partition coefficient (Wildman–Crippen LogP) is 2.92. The zero-order chi connectivity index (χ0) is 21.7. The average Bonchev–Trinajstić information content (AvgIpc) is 3.45. The van der Waals surface area contributed by atoms with Gasteiger partial charge in [0.25, 0.3) is 0 Å². The molecule has 0 spiro atoms. The van der Waals surface area contributed by atoms with Gasteiger partial charge in [-0.25, -0.2) is 9.37 Å². The molecule has 0 unspecified atom stereocenters. The van der Waals surface area contributed by atoms with Crippen LogP contribution in [0.1, 0.15) is 41.3 Å². The molecule has 0 saturated heterocycles. The number of thioether (sulfide) groups is 1. The molecule has 0 bridgehead atoms. The number of carboxylic acid groups (broad SMARTS) is 1. The number of pyridine rings is 1. The normalized spacial score (nSPS) is 26.5. The van der Waals surface area contributed by atoms with Crippen LogP contribution in [0.3, 0.4) is 0 Å². The van der Waals surface area contributed by atoms with Gasteiger partial charge in [-0.2, -0.15) is 5.26 Å². The van der Waals surface area contributed by atoms with Crippen LogP contribution in [-0.2, 0) is 10.3 Å². The number of nitriles is 1. The van der Waals surface area contributed by atoms with E-state index in [1.54, 1.807) is 25.1 Å². The minimum absolute atomic E-state index is 0.141. The number of nitrogens with zero attached hydrogens (tertiary/aromatic N) is 3. The standard InChI is InChI=1S/C22H17FN4O2S/c1-12-7-14(10-24)11-26-17(12)6-4-13-3-5-16(23)15(8-13)21(2)18-9-22(18,19(28)29)30-20(25)27-21/h3,5,7-8,11,18H,9H2,1-2H3,(H2,25,27)(H,28,29)/t18-,21+,22-/m0/s1. The van der Waals surface area contributed by atoms with Crippen molar-refractivity contribution in [2.45, 2.75) is 30.6 Å². The summed E-state index contributed by atoms with van der Waals surface area (Å²) >= 11 is 1.04. The number of carboxylic acids is 1. The van der Waals surface area contributed by atoms with E-state index in [2.05, 4.69) is 21.8 Å². The third kappa shape index (κ3) is 3.10. The summed E-state index contributed by atoms with van der Waals surface area (Å²) in [6, 6.07) is 8.18. The van der Waals surface area contributed by atoms with Gasteiger partial charge in [-0.1, -0.05) is 17.7 Å². The lowest BCUT2D eigenvalue weighted by Gasteiger charge is -2.32. The van der Waals surface area contributed by atoms with Crippen LogP contribution >= 0.6 is 11.8 Å². The lowest BCUT2D eigenvalue weighted by Crippen LogP contribution is -2.39. The molecule has 0 amide bonds. The molecule has 2 aromatic rings. The summed E-state index contributed by atoms with van der Waals surface area (Å²) in [4.78, 5) is 20.4. The molecule has 2 aliphatic rings. The first-order valence-electron chi connectivity index (χ1n) is 9.16. The van der Waals surface area contributed by atoms with Gasteiger partial charge < -0.3 is 10.8 Å². The van der Waals surface area contributed by atoms with E-state index in [0.717, 1.165) is 17.3 Å². The first-order chi connectivity index (χ1) is 14.2. The van der Waals surface area contributed by atoms with Crippen LogP contribution in [0, 0.1) is 41.8 Å². The van der Waals surface area contributed by atoms with Gasteiger partial charge in [-0.15, -0.1) is 0 Å². The van der Waals surface area contributed by atoms with Gasteiger partial charge in [0.1, 0.15) is 22.3 Å². The fourth-order valence-corrected chi connectivity index (χ4v) is 5.26. The quantitative estimate of drug-likeness (QED) is 0.723. The van der Waals surface area contributed by atoms with Crippen LogP contribution in [0.2, 0.25) is 0 Å². The van der Waals surface area contributed by atoms with E-state index in [1.807, 2.05) is 13.0 Å². The Balaban J connectivity index is 1.73. The molecule has 1 fully saturated rings. The fourth-order valence-electron chi connectivity index (χ4n) is 3.94. The van der Waals surface area contributed by atoms with Crippen LogP contribution in [0.4, 0.5) is 4.39 Å². The van der Waals surface area contributed by atoms with Crippen molar-refractivity contribution in [3.05, 3.63) is 64.2 Å². The second-order valence-electron chi connectivity index (χ2n) is 7.60. The maximum atomic E-state index is 14.8. The highest BCUT2D eigenvalue weighted by atomic mass is 32.2. The first kappa shape index (κ1) is 19.9. The third-order valence-corrected chi connectivity index (χ3v) is 6.91. The van der Waals surface area contributed by atoms with Crippen molar-refractivity contribution >= 4 is 22.9 Å². The molecule has 30 heavy (non-hydrogen) atoms. The Kier molecular flexibility index (Phi) is 4.56. The molecular weight excluding hydrogens is 403 g/mol. The first-order valence-corrected chi connectivity index (χ1v) is 9.98. The predicted molar refractivity (Wildman–Crippen MR) is 111 cm³/mol.